The van der Waals surface area contributed by atoms with Crippen LogP contribution in [0, 0.1) is 0 Å². The van der Waals surface area contributed by atoms with Crippen molar-refractivity contribution in [3.05, 3.63) is 40.4 Å². The number of aliphatic imine (C=N–C) groups is 1. The average Bonchev–Trinajstić information content (AvgIpc) is 2.56. The summed E-state index contributed by atoms with van der Waals surface area (Å²) in [6.07, 6.45) is 3.81. The lowest BCUT2D eigenvalue weighted by atomic mass is 10.1. The Bertz CT molecular complexity index is 732. The van der Waals surface area contributed by atoms with Crippen LogP contribution in [0.15, 0.2) is 34.1 Å². The Kier molecular flexibility index (Phi) is 4.48. The number of hydrogen-bond acceptors (Lipinski definition) is 4. The Balaban J connectivity index is 1.72. The van der Waals surface area contributed by atoms with Crippen LogP contribution in [0.5, 0.6) is 0 Å². The second kappa shape index (κ2) is 6.70. The summed E-state index contributed by atoms with van der Waals surface area (Å²) in [7, 11) is 0. The van der Waals surface area contributed by atoms with Crippen molar-refractivity contribution in [3.63, 3.8) is 0 Å². The van der Waals surface area contributed by atoms with E-state index in [0.29, 0.717) is 17.4 Å². The molecule has 6 nitrogen and oxygen atoms in total. The number of benzene rings is 1. The maximum absolute atomic E-state index is 12.1. The van der Waals surface area contributed by atoms with E-state index in [4.69, 9.17) is 0 Å². The van der Waals surface area contributed by atoms with Crippen molar-refractivity contribution in [1.82, 2.24) is 9.97 Å². The lowest BCUT2D eigenvalue weighted by Gasteiger charge is -2.23. The predicted molar refractivity (Wildman–Crippen MR) is 83.2 cm³/mol. The van der Waals surface area contributed by atoms with E-state index < -0.39 is 5.90 Å². The molecule has 0 atom stereocenters. The third-order valence-corrected chi connectivity index (χ3v) is 4.10. The third kappa shape index (κ3) is 3.33. The van der Waals surface area contributed by atoms with Gasteiger partial charge in [0.25, 0.3) is 5.56 Å². The van der Waals surface area contributed by atoms with Crippen LogP contribution in [-0.4, -0.2) is 42.0 Å². The number of likely N-dealkylation sites (tertiary alicyclic amines) is 1. The van der Waals surface area contributed by atoms with Crippen LogP contribution in [0.4, 0.5) is 0 Å². The first-order valence-corrected chi connectivity index (χ1v) is 7.78. The number of piperidine rings is 1. The van der Waals surface area contributed by atoms with Gasteiger partial charge in [-0.15, -0.1) is 0 Å². The topological polar surface area (TPSA) is 85.6 Å². The first-order valence-electron chi connectivity index (χ1n) is 7.78. The fourth-order valence-corrected chi connectivity index (χ4v) is 2.88. The summed E-state index contributed by atoms with van der Waals surface area (Å²) in [5.41, 5.74) is 0.220. The van der Waals surface area contributed by atoms with Crippen molar-refractivity contribution >= 4 is 16.8 Å². The molecule has 1 aromatic carbocycles. The number of fused-ring (bicyclic) bond motifs is 1. The van der Waals surface area contributed by atoms with Crippen LogP contribution in [0.1, 0.15) is 25.1 Å². The number of nitrogens with one attached hydrogen (secondary N) is 2. The van der Waals surface area contributed by atoms with E-state index in [1.807, 2.05) is 0 Å². The molecule has 0 radical (unpaired) electrons. The molecule has 1 aliphatic heterocycles. The number of aromatic amines is 1. The largest absolute Gasteiger partial charge is 0.856 e. The van der Waals surface area contributed by atoms with Gasteiger partial charge in [-0.2, -0.15) is 0 Å². The highest BCUT2D eigenvalue weighted by atomic mass is 16.3. The molecular formula is C16H20N4O2. The minimum Gasteiger partial charge on any atom is -0.856 e. The van der Waals surface area contributed by atoms with E-state index >= 15 is 0 Å². The molecule has 116 valence electrons. The summed E-state index contributed by atoms with van der Waals surface area (Å²) in [6, 6.07) is 6.97. The zero-order valence-electron chi connectivity index (χ0n) is 12.5. The van der Waals surface area contributed by atoms with Crippen LogP contribution in [-0.2, 0) is 0 Å². The standard InChI is InChI=1S/C16H20N4O2/c21-15-12-6-2-3-7-13(12)18-14(19-15)16(22)17-8-11-20-9-4-1-5-10-20/h2-3,6-7H,1,4-5,8-11H2,(H,17,22)(H,18,19,21). The normalized spacial score (nSPS) is 17.0. The third-order valence-electron chi connectivity index (χ3n) is 4.10. The summed E-state index contributed by atoms with van der Waals surface area (Å²) in [5.74, 6) is -0.420. The van der Waals surface area contributed by atoms with Crippen molar-refractivity contribution in [2.45, 2.75) is 19.3 Å². The molecule has 1 fully saturated rings. The monoisotopic (exact) mass is 300 g/mol. The van der Waals surface area contributed by atoms with E-state index in [2.05, 4.69) is 15.0 Å². The van der Waals surface area contributed by atoms with Crippen molar-refractivity contribution in [3.8, 4) is 0 Å². The van der Waals surface area contributed by atoms with Gasteiger partial charge >= 0.3 is 0 Å². The number of nitrogens with zero attached hydrogens (tertiary/aromatic N) is 2. The molecule has 0 unspecified atom stereocenters. The summed E-state index contributed by atoms with van der Waals surface area (Å²) in [6.45, 7) is 3.66. The number of quaternary nitrogens is 1. The van der Waals surface area contributed by atoms with Gasteiger partial charge in [-0.05, 0) is 31.4 Å². The van der Waals surface area contributed by atoms with Crippen molar-refractivity contribution in [1.29, 1.82) is 0 Å². The van der Waals surface area contributed by atoms with Crippen molar-refractivity contribution in [2.75, 3.05) is 26.2 Å². The minimum atomic E-state index is -0.445. The summed E-state index contributed by atoms with van der Waals surface area (Å²) in [4.78, 5) is 24.2. The molecule has 22 heavy (non-hydrogen) atoms. The van der Waals surface area contributed by atoms with E-state index in [1.165, 1.54) is 24.2 Å². The summed E-state index contributed by atoms with van der Waals surface area (Å²) >= 11 is 0. The Morgan fingerprint density at radius 3 is 2.86 bits per heavy atom. The van der Waals surface area contributed by atoms with Crippen LogP contribution in [0.2, 0.25) is 0 Å². The zero-order valence-corrected chi connectivity index (χ0v) is 12.5. The van der Waals surface area contributed by atoms with Gasteiger partial charge in [0.05, 0.1) is 37.1 Å². The fourth-order valence-electron chi connectivity index (χ4n) is 2.88. The molecule has 1 saturated heterocycles. The Labute approximate surface area is 128 Å². The van der Waals surface area contributed by atoms with E-state index in [-0.39, 0.29) is 11.4 Å². The number of para-hydroxylation sites is 1. The SMILES string of the molecule is O=c1[nH]c(C([O-])=NCC[NH+]2CCCCC2)nc2ccccc12. The molecule has 2 aromatic rings. The lowest BCUT2D eigenvalue weighted by molar-refractivity contribution is -0.903. The molecular weight excluding hydrogens is 280 g/mol. The molecule has 1 aromatic heterocycles. The zero-order chi connectivity index (χ0) is 15.4. The Hall–Kier alpha value is -2.21. The molecule has 0 aliphatic carbocycles. The average molecular weight is 300 g/mol. The Morgan fingerprint density at radius 2 is 2.05 bits per heavy atom. The van der Waals surface area contributed by atoms with Gasteiger partial charge in [0, 0.05) is 5.90 Å². The Morgan fingerprint density at radius 1 is 1.27 bits per heavy atom. The van der Waals surface area contributed by atoms with Gasteiger partial charge in [-0.3, -0.25) is 9.79 Å². The van der Waals surface area contributed by atoms with Gasteiger partial charge in [-0.1, -0.05) is 12.1 Å². The molecule has 0 bridgehead atoms. The second-order valence-electron chi connectivity index (χ2n) is 5.68. The molecule has 2 heterocycles. The quantitative estimate of drug-likeness (QED) is 0.567. The number of rotatable bonds is 4. The van der Waals surface area contributed by atoms with Crippen LogP contribution < -0.4 is 15.6 Å². The highest BCUT2D eigenvalue weighted by Crippen LogP contribution is 2.05. The van der Waals surface area contributed by atoms with Gasteiger partial charge in [0.1, 0.15) is 5.82 Å². The molecule has 6 heteroatoms. The number of hydrogen-bond donors (Lipinski definition) is 2. The molecule has 1 aliphatic rings. The minimum absolute atomic E-state index is 0.0253. The van der Waals surface area contributed by atoms with Gasteiger partial charge in [-0.25, -0.2) is 4.98 Å². The molecule has 0 spiro atoms. The first kappa shape index (κ1) is 14.7. The first-order chi connectivity index (χ1) is 10.7. The molecule has 2 N–H and O–H groups in total. The predicted octanol–water partition coefficient (Wildman–Crippen LogP) is -0.901. The highest BCUT2D eigenvalue weighted by molar-refractivity contribution is 5.89. The lowest BCUT2D eigenvalue weighted by Crippen LogP contribution is -3.13. The number of H-pyrrole nitrogens is 1. The van der Waals surface area contributed by atoms with E-state index in [1.54, 1.807) is 24.3 Å². The molecule has 0 saturated carbocycles. The second-order valence-corrected chi connectivity index (χ2v) is 5.68. The number of aromatic nitrogens is 2. The smallest absolute Gasteiger partial charge is 0.259 e. The van der Waals surface area contributed by atoms with Crippen molar-refractivity contribution in [2.24, 2.45) is 4.99 Å². The fraction of sp³-hybridized carbons (Fsp3) is 0.438. The highest BCUT2D eigenvalue weighted by Gasteiger charge is 2.12. The van der Waals surface area contributed by atoms with Gasteiger partial charge < -0.3 is 15.0 Å². The van der Waals surface area contributed by atoms with Gasteiger partial charge in [0.15, 0.2) is 0 Å². The maximum Gasteiger partial charge on any atom is 0.259 e. The maximum atomic E-state index is 12.1. The summed E-state index contributed by atoms with van der Waals surface area (Å²) in [5, 5.41) is 12.6. The molecule has 3 rings (SSSR count). The molecule has 0 amide bonds. The van der Waals surface area contributed by atoms with Gasteiger partial charge in [0.2, 0.25) is 0 Å². The van der Waals surface area contributed by atoms with E-state index in [0.717, 1.165) is 19.6 Å². The van der Waals surface area contributed by atoms with E-state index in [9.17, 15) is 9.90 Å². The van der Waals surface area contributed by atoms with Crippen LogP contribution in [0.25, 0.3) is 10.9 Å². The van der Waals surface area contributed by atoms with Crippen LogP contribution in [0.3, 0.4) is 0 Å². The van der Waals surface area contributed by atoms with Crippen molar-refractivity contribution < 1.29 is 10.0 Å². The van der Waals surface area contributed by atoms with Crippen LogP contribution >= 0.6 is 0 Å². The summed E-state index contributed by atoms with van der Waals surface area (Å²) < 4.78 is 0.